The molecule has 0 fully saturated rings. The van der Waals surface area contributed by atoms with Crippen LogP contribution in [-0.2, 0) is 23.1 Å². The average Bonchev–Trinajstić information content (AvgIpc) is 3.16. The Bertz CT molecular complexity index is 1100. The lowest BCUT2D eigenvalue weighted by atomic mass is 10.2. The van der Waals surface area contributed by atoms with Crippen LogP contribution < -0.4 is 9.47 Å². The molecule has 29 heavy (non-hydrogen) atoms. The Morgan fingerprint density at radius 1 is 1.07 bits per heavy atom. The van der Waals surface area contributed by atoms with Gasteiger partial charge in [0.25, 0.3) is 0 Å². The molecule has 154 valence electrons. The van der Waals surface area contributed by atoms with E-state index >= 15 is 0 Å². The van der Waals surface area contributed by atoms with Gasteiger partial charge in [-0.15, -0.1) is 0 Å². The van der Waals surface area contributed by atoms with Crippen molar-refractivity contribution in [3.8, 4) is 22.9 Å². The zero-order valence-corrected chi connectivity index (χ0v) is 16.9. The second-order valence-corrected chi connectivity index (χ2v) is 8.19. The number of ether oxygens (including phenoxy) is 2. The number of hydrogen-bond donors (Lipinski definition) is 0. The normalized spacial score (nSPS) is 11.6. The summed E-state index contributed by atoms with van der Waals surface area (Å²) in [6.07, 6.45) is 1.04. The molecule has 1 heterocycles. The molecular formula is C19H20FN3O5S. The van der Waals surface area contributed by atoms with Crippen LogP contribution in [0.5, 0.6) is 11.5 Å². The van der Waals surface area contributed by atoms with Gasteiger partial charge in [-0.25, -0.2) is 12.8 Å². The summed E-state index contributed by atoms with van der Waals surface area (Å²) < 4.78 is 55.0. The van der Waals surface area contributed by atoms with E-state index in [1.165, 1.54) is 32.4 Å². The monoisotopic (exact) mass is 421 g/mol. The van der Waals surface area contributed by atoms with E-state index in [9.17, 15) is 12.8 Å². The molecule has 0 amide bonds. The zero-order chi connectivity index (χ0) is 21.0. The highest BCUT2D eigenvalue weighted by molar-refractivity contribution is 7.88. The fourth-order valence-corrected chi connectivity index (χ4v) is 3.39. The summed E-state index contributed by atoms with van der Waals surface area (Å²) in [4.78, 5) is 4.25. The Morgan fingerprint density at radius 2 is 1.79 bits per heavy atom. The lowest BCUT2D eigenvalue weighted by molar-refractivity contribution is 0.311. The van der Waals surface area contributed by atoms with Crippen LogP contribution in [0.15, 0.2) is 47.0 Å². The maximum Gasteiger partial charge on any atom is 0.242 e. The van der Waals surface area contributed by atoms with Crippen molar-refractivity contribution < 1.29 is 26.8 Å². The lowest BCUT2D eigenvalue weighted by Crippen LogP contribution is -2.29. The molecule has 0 saturated carbocycles. The van der Waals surface area contributed by atoms with Gasteiger partial charge in [-0.1, -0.05) is 23.4 Å². The molecule has 10 heteroatoms. The summed E-state index contributed by atoms with van der Waals surface area (Å²) in [5, 5.41) is 3.90. The van der Waals surface area contributed by atoms with Crippen LogP contribution in [0.2, 0.25) is 0 Å². The summed E-state index contributed by atoms with van der Waals surface area (Å²) in [6.45, 7) is -0.340. The highest BCUT2D eigenvalue weighted by Gasteiger charge is 2.22. The molecule has 0 saturated heterocycles. The minimum absolute atomic E-state index is 0.0801. The molecule has 8 nitrogen and oxygen atoms in total. The number of halogens is 1. The Balaban J connectivity index is 1.84. The summed E-state index contributed by atoms with van der Waals surface area (Å²) in [7, 11) is -0.614. The smallest absolute Gasteiger partial charge is 0.242 e. The van der Waals surface area contributed by atoms with Crippen LogP contribution in [0.3, 0.4) is 0 Å². The molecule has 0 N–H and O–H groups in total. The van der Waals surface area contributed by atoms with Crippen LogP contribution in [0.25, 0.3) is 11.4 Å². The predicted molar refractivity (Wildman–Crippen MR) is 103 cm³/mol. The van der Waals surface area contributed by atoms with Gasteiger partial charge in [0.05, 0.1) is 27.0 Å². The van der Waals surface area contributed by atoms with Gasteiger partial charge in [0.2, 0.25) is 21.7 Å². The average molecular weight is 421 g/mol. The minimum atomic E-state index is -3.65. The first-order valence-electron chi connectivity index (χ1n) is 8.55. The Morgan fingerprint density at radius 3 is 2.45 bits per heavy atom. The van der Waals surface area contributed by atoms with E-state index in [-0.39, 0.29) is 30.4 Å². The van der Waals surface area contributed by atoms with Crippen molar-refractivity contribution in [3.05, 3.63) is 59.7 Å². The molecule has 0 atom stereocenters. The molecular weight excluding hydrogens is 401 g/mol. The van der Waals surface area contributed by atoms with Gasteiger partial charge in [-0.3, -0.25) is 0 Å². The molecule has 3 rings (SSSR count). The third-order valence-electron chi connectivity index (χ3n) is 4.19. The quantitative estimate of drug-likeness (QED) is 0.552. The summed E-state index contributed by atoms with van der Waals surface area (Å²) in [5.41, 5.74) is 0.857. The van der Waals surface area contributed by atoms with Crippen molar-refractivity contribution in [1.82, 2.24) is 14.4 Å². The fourth-order valence-electron chi connectivity index (χ4n) is 2.67. The van der Waals surface area contributed by atoms with Crippen LogP contribution in [0, 0.1) is 5.82 Å². The number of benzene rings is 2. The number of nitrogens with zero attached hydrogens (tertiary/aromatic N) is 3. The number of sulfonamides is 1. The van der Waals surface area contributed by atoms with Gasteiger partial charge in [-0.05, 0) is 24.3 Å². The van der Waals surface area contributed by atoms with Gasteiger partial charge >= 0.3 is 0 Å². The molecule has 0 aliphatic heterocycles. The van der Waals surface area contributed by atoms with Crippen molar-refractivity contribution in [2.75, 3.05) is 20.5 Å². The standard InChI is InChI=1S/C19H20FN3O5S/c1-26-16-9-8-13(10-17(16)27-2)19-21-18(28-22-19)12-23(29(3,24)25)11-14-6-4-5-7-15(14)20/h4-10H,11-12H2,1-3H3. The second-order valence-electron chi connectivity index (χ2n) is 6.20. The molecule has 2 aromatic carbocycles. The largest absolute Gasteiger partial charge is 0.493 e. The van der Waals surface area contributed by atoms with Crippen LogP contribution in [0.4, 0.5) is 4.39 Å². The summed E-state index contributed by atoms with van der Waals surface area (Å²) in [6, 6.07) is 11.1. The molecule has 0 unspecified atom stereocenters. The third kappa shape index (κ3) is 4.90. The van der Waals surface area contributed by atoms with Gasteiger partial charge in [-0.2, -0.15) is 9.29 Å². The number of aromatic nitrogens is 2. The third-order valence-corrected chi connectivity index (χ3v) is 5.39. The van der Waals surface area contributed by atoms with Gasteiger partial charge in [0.15, 0.2) is 11.5 Å². The highest BCUT2D eigenvalue weighted by atomic mass is 32.2. The first-order chi connectivity index (χ1) is 13.8. The maximum absolute atomic E-state index is 13.9. The van der Waals surface area contributed by atoms with Gasteiger partial charge < -0.3 is 14.0 Å². The Kier molecular flexibility index (Phi) is 6.14. The molecule has 0 radical (unpaired) electrons. The number of methoxy groups -OCH3 is 2. The molecule has 3 aromatic rings. The van der Waals surface area contributed by atoms with Crippen molar-refractivity contribution >= 4 is 10.0 Å². The number of rotatable bonds is 8. The van der Waals surface area contributed by atoms with E-state index in [0.29, 0.717) is 17.1 Å². The first kappa shape index (κ1) is 20.7. The van der Waals surface area contributed by atoms with Crippen LogP contribution in [0.1, 0.15) is 11.5 Å². The van der Waals surface area contributed by atoms with E-state index in [1.807, 2.05) is 0 Å². The Labute approximate surface area is 167 Å². The van der Waals surface area contributed by atoms with Crippen molar-refractivity contribution in [1.29, 1.82) is 0 Å². The summed E-state index contributed by atoms with van der Waals surface area (Å²) in [5.74, 6) is 0.899. The SMILES string of the molecule is COc1ccc(-c2noc(CN(Cc3ccccc3F)S(C)(=O)=O)n2)cc1OC. The molecule has 0 spiro atoms. The van der Waals surface area contributed by atoms with Crippen molar-refractivity contribution in [2.45, 2.75) is 13.1 Å². The second kappa shape index (κ2) is 8.58. The molecule has 0 bridgehead atoms. The highest BCUT2D eigenvalue weighted by Crippen LogP contribution is 2.31. The van der Waals surface area contributed by atoms with E-state index < -0.39 is 15.8 Å². The first-order valence-corrected chi connectivity index (χ1v) is 10.4. The topological polar surface area (TPSA) is 94.8 Å². The molecule has 0 aliphatic carbocycles. The van der Waals surface area contributed by atoms with Crippen molar-refractivity contribution in [2.24, 2.45) is 0 Å². The zero-order valence-electron chi connectivity index (χ0n) is 16.1. The van der Waals surface area contributed by atoms with Crippen LogP contribution >= 0.6 is 0 Å². The number of hydrogen-bond acceptors (Lipinski definition) is 7. The van der Waals surface area contributed by atoms with Crippen molar-refractivity contribution in [3.63, 3.8) is 0 Å². The Hall–Kier alpha value is -2.98. The fraction of sp³-hybridized carbons (Fsp3) is 0.263. The summed E-state index contributed by atoms with van der Waals surface area (Å²) >= 11 is 0. The van der Waals surface area contributed by atoms with E-state index in [0.717, 1.165) is 10.6 Å². The van der Waals surface area contributed by atoms with E-state index in [2.05, 4.69) is 10.1 Å². The van der Waals surface area contributed by atoms with Crippen LogP contribution in [-0.4, -0.2) is 43.3 Å². The van der Waals surface area contributed by atoms with Gasteiger partial charge in [0, 0.05) is 17.7 Å². The molecule has 0 aliphatic rings. The van der Waals surface area contributed by atoms with E-state index in [1.54, 1.807) is 24.3 Å². The lowest BCUT2D eigenvalue weighted by Gasteiger charge is -2.18. The van der Waals surface area contributed by atoms with E-state index in [4.69, 9.17) is 14.0 Å². The predicted octanol–water partition coefficient (Wildman–Crippen LogP) is 2.85. The van der Waals surface area contributed by atoms with Gasteiger partial charge in [0.1, 0.15) is 5.82 Å². The molecule has 1 aromatic heterocycles. The maximum atomic E-state index is 13.9. The minimum Gasteiger partial charge on any atom is -0.493 e.